The second kappa shape index (κ2) is 4.31. The van der Waals surface area contributed by atoms with E-state index in [4.69, 9.17) is 12.2 Å². The maximum Gasteiger partial charge on any atom is 0.157 e. The Balaban J connectivity index is 2.15. The second-order valence-electron chi connectivity index (χ2n) is 4.11. The number of hydrogen-bond acceptors (Lipinski definition) is 3. The van der Waals surface area contributed by atoms with Gasteiger partial charge < -0.3 is 4.98 Å². The number of hydrogen-bond donors (Lipinski definition) is 1. The Morgan fingerprint density at radius 2 is 2.18 bits per heavy atom. The molecule has 1 saturated carbocycles. The second-order valence-corrected chi connectivity index (χ2v) is 5.29. The van der Waals surface area contributed by atoms with Crippen molar-refractivity contribution in [2.45, 2.75) is 18.8 Å². The van der Waals surface area contributed by atoms with Crippen LogP contribution in [-0.2, 0) is 0 Å². The predicted molar refractivity (Wildman–Crippen MR) is 72.3 cm³/mol. The van der Waals surface area contributed by atoms with Gasteiger partial charge in [-0.1, -0.05) is 18.3 Å². The lowest BCUT2D eigenvalue weighted by atomic mass is 10.2. The van der Waals surface area contributed by atoms with Crippen molar-refractivity contribution in [2.75, 3.05) is 0 Å². The van der Waals surface area contributed by atoms with Crippen LogP contribution in [0.15, 0.2) is 28.9 Å². The van der Waals surface area contributed by atoms with Gasteiger partial charge in [-0.05, 0) is 40.9 Å². The monoisotopic (exact) mass is 307 g/mol. The highest BCUT2D eigenvalue weighted by molar-refractivity contribution is 9.10. The van der Waals surface area contributed by atoms with Gasteiger partial charge in [0, 0.05) is 17.8 Å². The highest BCUT2D eigenvalue weighted by Gasteiger charge is 2.27. The molecule has 0 spiro atoms. The third-order valence-corrected chi connectivity index (χ3v) is 4.14. The molecule has 0 radical (unpaired) electrons. The van der Waals surface area contributed by atoms with Crippen LogP contribution >= 0.6 is 28.1 Å². The number of rotatable bonds is 2. The van der Waals surface area contributed by atoms with Gasteiger partial charge in [0.2, 0.25) is 0 Å². The van der Waals surface area contributed by atoms with E-state index in [1.54, 1.807) is 6.20 Å². The zero-order chi connectivity index (χ0) is 11.8. The largest absolute Gasteiger partial charge is 0.341 e. The minimum Gasteiger partial charge on any atom is -0.341 e. The van der Waals surface area contributed by atoms with E-state index in [0.29, 0.717) is 10.6 Å². The third kappa shape index (κ3) is 2.17. The Morgan fingerprint density at radius 1 is 1.35 bits per heavy atom. The Bertz CT molecular complexity index is 605. The van der Waals surface area contributed by atoms with Crippen LogP contribution in [-0.4, -0.2) is 15.0 Å². The maximum absolute atomic E-state index is 5.27. The Kier molecular flexibility index (Phi) is 2.80. The minimum absolute atomic E-state index is 0.594. The van der Waals surface area contributed by atoms with Crippen LogP contribution in [0, 0.1) is 4.64 Å². The lowest BCUT2D eigenvalue weighted by Gasteiger charge is -2.06. The molecule has 0 bridgehead atoms. The van der Waals surface area contributed by atoms with Crippen LogP contribution in [0.4, 0.5) is 0 Å². The molecule has 0 amide bonds. The molecule has 0 aromatic carbocycles. The van der Waals surface area contributed by atoms with E-state index in [1.807, 2.05) is 18.2 Å². The predicted octanol–water partition coefficient (Wildman–Crippen LogP) is 3.84. The summed E-state index contributed by atoms with van der Waals surface area (Å²) in [5.41, 5.74) is 1.98. The van der Waals surface area contributed by atoms with Gasteiger partial charge in [0.1, 0.15) is 10.3 Å². The van der Waals surface area contributed by atoms with Crippen molar-refractivity contribution < 1.29 is 0 Å². The van der Waals surface area contributed by atoms with Crippen molar-refractivity contribution in [2.24, 2.45) is 0 Å². The SMILES string of the molecule is S=c1nc(-c2ccccn2)[nH]c(C2CC2)c1Br. The molecule has 1 aliphatic carbocycles. The number of nitrogens with zero attached hydrogens (tertiary/aromatic N) is 2. The van der Waals surface area contributed by atoms with Gasteiger partial charge in [-0.15, -0.1) is 0 Å². The smallest absolute Gasteiger partial charge is 0.157 e. The zero-order valence-corrected chi connectivity index (χ0v) is 11.4. The molecule has 86 valence electrons. The lowest BCUT2D eigenvalue weighted by Crippen LogP contribution is -1.98. The van der Waals surface area contributed by atoms with Crippen molar-refractivity contribution in [3.63, 3.8) is 0 Å². The molecule has 0 atom stereocenters. The highest BCUT2D eigenvalue weighted by atomic mass is 79.9. The van der Waals surface area contributed by atoms with E-state index in [1.165, 1.54) is 12.8 Å². The van der Waals surface area contributed by atoms with Gasteiger partial charge in [-0.3, -0.25) is 4.98 Å². The minimum atomic E-state index is 0.594. The summed E-state index contributed by atoms with van der Waals surface area (Å²) in [6.07, 6.45) is 4.19. The summed E-state index contributed by atoms with van der Waals surface area (Å²) in [6.45, 7) is 0. The van der Waals surface area contributed by atoms with Gasteiger partial charge in [0.25, 0.3) is 0 Å². The van der Waals surface area contributed by atoms with E-state index in [-0.39, 0.29) is 0 Å². The standard InChI is InChI=1S/C12H10BrN3S/c13-9-10(7-4-5-7)15-11(16-12(9)17)8-3-1-2-6-14-8/h1-3,6-7H,4-5H2,(H,15,16,17). The summed E-state index contributed by atoms with van der Waals surface area (Å²) < 4.78 is 1.53. The van der Waals surface area contributed by atoms with E-state index >= 15 is 0 Å². The molecule has 1 fully saturated rings. The molecule has 2 aromatic heterocycles. The number of aromatic amines is 1. The molecule has 2 heterocycles. The summed E-state index contributed by atoms with van der Waals surface area (Å²) in [7, 11) is 0. The highest BCUT2D eigenvalue weighted by Crippen LogP contribution is 2.42. The van der Waals surface area contributed by atoms with Crippen molar-refractivity contribution >= 4 is 28.1 Å². The number of pyridine rings is 1. The topological polar surface area (TPSA) is 41.6 Å². The molecule has 2 aromatic rings. The summed E-state index contributed by atoms with van der Waals surface area (Å²) in [4.78, 5) is 12.0. The summed E-state index contributed by atoms with van der Waals surface area (Å²) in [5, 5.41) is 0. The van der Waals surface area contributed by atoms with Gasteiger partial charge in [0.05, 0.1) is 4.47 Å². The zero-order valence-electron chi connectivity index (χ0n) is 8.98. The summed E-state index contributed by atoms with van der Waals surface area (Å²) >= 11 is 8.78. The molecule has 0 saturated heterocycles. The number of nitrogens with one attached hydrogen (secondary N) is 1. The molecule has 3 nitrogen and oxygen atoms in total. The molecule has 1 N–H and O–H groups in total. The molecular formula is C12H10BrN3S. The average Bonchev–Trinajstić information content (AvgIpc) is 3.18. The van der Waals surface area contributed by atoms with Crippen LogP contribution in [0.5, 0.6) is 0 Å². The fourth-order valence-corrected chi connectivity index (χ4v) is 2.47. The van der Waals surface area contributed by atoms with Gasteiger partial charge in [0.15, 0.2) is 5.82 Å². The number of halogens is 1. The first kappa shape index (κ1) is 11.0. The van der Waals surface area contributed by atoms with Crippen LogP contribution < -0.4 is 0 Å². The molecule has 0 unspecified atom stereocenters. The quantitative estimate of drug-likeness (QED) is 0.857. The molecule has 5 heteroatoms. The van der Waals surface area contributed by atoms with E-state index in [0.717, 1.165) is 21.7 Å². The third-order valence-electron chi connectivity index (χ3n) is 2.78. The summed E-state index contributed by atoms with van der Waals surface area (Å²) in [6, 6.07) is 5.76. The number of aromatic nitrogens is 3. The van der Waals surface area contributed by atoms with Crippen molar-refractivity contribution in [3.05, 3.63) is 39.2 Å². The van der Waals surface area contributed by atoms with Crippen molar-refractivity contribution in [1.82, 2.24) is 15.0 Å². The normalized spacial score (nSPS) is 14.9. The van der Waals surface area contributed by atoms with Crippen LogP contribution in [0.25, 0.3) is 11.5 Å². The molecule has 17 heavy (non-hydrogen) atoms. The first-order valence-electron chi connectivity index (χ1n) is 5.47. The Morgan fingerprint density at radius 3 is 2.82 bits per heavy atom. The Labute approximate surface area is 112 Å². The van der Waals surface area contributed by atoms with E-state index in [2.05, 4.69) is 30.9 Å². The van der Waals surface area contributed by atoms with Crippen LogP contribution in [0.3, 0.4) is 0 Å². The van der Waals surface area contributed by atoms with Crippen LogP contribution in [0.2, 0.25) is 0 Å². The molecule has 1 aliphatic rings. The lowest BCUT2D eigenvalue weighted by molar-refractivity contribution is 0.966. The van der Waals surface area contributed by atoms with E-state index < -0.39 is 0 Å². The Hall–Kier alpha value is -1.07. The average molecular weight is 308 g/mol. The van der Waals surface area contributed by atoms with Crippen molar-refractivity contribution in [3.8, 4) is 11.5 Å². The van der Waals surface area contributed by atoms with Gasteiger partial charge in [-0.2, -0.15) is 0 Å². The van der Waals surface area contributed by atoms with E-state index in [9.17, 15) is 0 Å². The first-order valence-corrected chi connectivity index (χ1v) is 6.67. The van der Waals surface area contributed by atoms with Crippen LogP contribution in [0.1, 0.15) is 24.5 Å². The number of H-pyrrole nitrogens is 1. The maximum atomic E-state index is 5.27. The van der Waals surface area contributed by atoms with Gasteiger partial charge in [-0.25, -0.2) is 4.98 Å². The first-order chi connectivity index (χ1) is 8.25. The summed E-state index contributed by atoms with van der Waals surface area (Å²) in [5.74, 6) is 1.34. The fourth-order valence-electron chi connectivity index (χ4n) is 1.75. The van der Waals surface area contributed by atoms with Gasteiger partial charge >= 0.3 is 0 Å². The molecular weight excluding hydrogens is 298 g/mol. The van der Waals surface area contributed by atoms with Crippen molar-refractivity contribution in [1.29, 1.82) is 0 Å². The molecule has 3 rings (SSSR count). The molecule has 0 aliphatic heterocycles. The fraction of sp³-hybridized carbons (Fsp3) is 0.250.